The number of Topliss-reactive ketones (excluding diaryl/α,β-unsaturated/α-hetero) is 1. The van der Waals surface area contributed by atoms with Gasteiger partial charge >= 0.3 is 0 Å². The molecular formula is C15H21N5OS. The number of rotatable bonds is 5. The monoisotopic (exact) mass is 319 g/mol. The summed E-state index contributed by atoms with van der Waals surface area (Å²) in [6.07, 6.45) is 6.07. The Hall–Kier alpha value is -1.76. The Morgan fingerprint density at radius 3 is 2.95 bits per heavy atom. The van der Waals surface area contributed by atoms with Crippen molar-refractivity contribution in [1.82, 2.24) is 19.1 Å². The van der Waals surface area contributed by atoms with Crippen LogP contribution < -0.4 is 4.90 Å². The highest BCUT2D eigenvalue weighted by molar-refractivity contribution is 7.09. The van der Waals surface area contributed by atoms with Gasteiger partial charge in [-0.2, -0.15) is 9.47 Å². The maximum Gasteiger partial charge on any atom is 0.205 e. The number of carbonyl (C=O) groups is 1. The van der Waals surface area contributed by atoms with Gasteiger partial charge in [0.15, 0.2) is 5.78 Å². The van der Waals surface area contributed by atoms with E-state index in [9.17, 15) is 4.79 Å². The van der Waals surface area contributed by atoms with E-state index >= 15 is 0 Å². The molecule has 0 saturated carbocycles. The summed E-state index contributed by atoms with van der Waals surface area (Å²) in [5, 5.41) is 5.02. The molecule has 1 aliphatic heterocycles. The van der Waals surface area contributed by atoms with Crippen molar-refractivity contribution in [1.29, 1.82) is 0 Å². The van der Waals surface area contributed by atoms with E-state index in [1.54, 1.807) is 17.1 Å². The third kappa shape index (κ3) is 3.04. The van der Waals surface area contributed by atoms with E-state index < -0.39 is 0 Å². The molecule has 0 N–H and O–H groups in total. The van der Waals surface area contributed by atoms with Crippen LogP contribution in [0.3, 0.4) is 0 Å². The van der Waals surface area contributed by atoms with Gasteiger partial charge < -0.3 is 4.90 Å². The molecule has 22 heavy (non-hydrogen) atoms. The quantitative estimate of drug-likeness (QED) is 0.793. The van der Waals surface area contributed by atoms with Crippen molar-refractivity contribution in [2.24, 2.45) is 7.05 Å². The van der Waals surface area contributed by atoms with E-state index in [1.165, 1.54) is 11.5 Å². The normalized spacial score (nSPS) is 18.4. The van der Waals surface area contributed by atoms with Crippen molar-refractivity contribution in [2.75, 3.05) is 11.4 Å². The van der Waals surface area contributed by atoms with E-state index in [2.05, 4.69) is 33.2 Å². The third-order valence-corrected chi connectivity index (χ3v) is 4.79. The standard InChI is InChI=1S/C15H21N5OS/c1-10(2)14-17-15(22-18-14)20-6-4-5-12(20)7-13(21)11-8-16-19(3)9-11/h8-10,12H,4-7H2,1-3H3/t12-/m1/s1. The summed E-state index contributed by atoms with van der Waals surface area (Å²) in [5.41, 5.74) is 0.689. The summed E-state index contributed by atoms with van der Waals surface area (Å²) >= 11 is 1.44. The Morgan fingerprint density at radius 1 is 1.50 bits per heavy atom. The van der Waals surface area contributed by atoms with Crippen LogP contribution >= 0.6 is 11.5 Å². The molecule has 2 aromatic rings. The highest BCUT2D eigenvalue weighted by atomic mass is 32.1. The lowest BCUT2D eigenvalue weighted by Gasteiger charge is -2.22. The second kappa shape index (κ2) is 6.16. The molecule has 0 aromatic carbocycles. The van der Waals surface area contributed by atoms with Crippen molar-refractivity contribution in [3.63, 3.8) is 0 Å². The van der Waals surface area contributed by atoms with Crippen LogP contribution in [0.25, 0.3) is 0 Å². The van der Waals surface area contributed by atoms with Crippen molar-refractivity contribution in [3.05, 3.63) is 23.8 Å². The first-order chi connectivity index (χ1) is 10.5. The Balaban J connectivity index is 1.71. The van der Waals surface area contributed by atoms with Gasteiger partial charge in [-0.3, -0.25) is 9.48 Å². The lowest BCUT2D eigenvalue weighted by atomic mass is 10.0. The van der Waals surface area contributed by atoms with Gasteiger partial charge in [-0.25, -0.2) is 4.98 Å². The molecule has 0 amide bonds. The minimum atomic E-state index is 0.151. The average Bonchev–Trinajstić information content (AvgIpc) is 3.17. The topological polar surface area (TPSA) is 63.9 Å². The van der Waals surface area contributed by atoms with Crippen molar-refractivity contribution in [2.45, 2.75) is 45.1 Å². The van der Waals surface area contributed by atoms with E-state index in [1.807, 2.05) is 7.05 Å². The summed E-state index contributed by atoms with van der Waals surface area (Å²) in [4.78, 5) is 19.3. The number of carbonyl (C=O) groups excluding carboxylic acids is 1. The number of aryl methyl sites for hydroxylation is 1. The van der Waals surface area contributed by atoms with Crippen LogP contribution in [0.5, 0.6) is 0 Å². The number of hydrogen-bond donors (Lipinski definition) is 0. The molecule has 3 heterocycles. The molecule has 0 aliphatic carbocycles. The molecule has 0 spiro atoms. The smallest absolute Gasteiger partial charge is 0.205 e. The van der Waals surface area contributed by atoms with Gasteiger partial charge in [0.25, 0.3) is 0 Å². The molecule has 1 fully saturated rings. The van der Waals surface area contributed by atoms with Gasteiger partial charge in [-0.15, -0.1) is 0 Å². The zero-order valence-corrected chi connectivity index (χ0v) is 14.0. The van der Waals surface area contributed by atoms with E-state index in [0.717, 1.165) is 30.3 Å². The van der Waals surface area contributed by atoms with Gasteiger partial charge in [-0.05, 0) is 12.8 Å². The van der Waals surface area contributed by atoms with Crippen LogP contribution in [0.15, 0.2) is 12.4 Å². The molecule has 7 heteroatoms. The Labute approximate surface area is 134 Å². The van der Waals surface area contributed by atoms with E-state index in [0.29, 0.717) is 17.9 Å². The largest absolute Gasteiger partial charge is 0.343 e. The first kappa shape index (κ1) is 15.1. The zero-order valence-electron chi connectivity index (χ0n) is 13.2. The van der Waals surface area contributed by atoms with E-state index in [-0.39, 0.29) is 11.8 Å². The van der Waals surface area contributed by atoms with Gasteiger partial charge in [0.05, 0.1) is 11.8 Å². The molecule has 1 saturated heterocycles. The number of hydrogen-bond acceptors (Lipinski definition) is 6. The Bertz CT molecular complexity index is 662. The van der Waals surface area contributed by atoms with Crippen LogP contribution in [0, 0.1) is 0 Å². The van der Waals surface area contributed by atoms with Crippen LogP contribution in [0.4, 0.5) is 5.13 Å². The summed E-state index contributed by atoms with van der Waals surface area (Å²) in [6, 6.07) is 0.223. The van der Waals surface area contributed by atoms with Crippen LogP contribution in [0.1, 0.15) is 55.2 Å². The van der Waals surface area contributed by atoms with Gasteiger partial charge in [0, 0.05) is 49.7 Å². The first-order valence-electron chi connectivity index (χ1n) is 7.66. The number of aromatic nitrogens is 4. The molecule has 0 unspecified atom stereocenters. The number of ketones is 1. The number of nitrogens with zero attached hydrogens (tertiary/aromatic N) is 5. The maximum atomic E-state index is 12.4. The molecule has 3 rings (SSSR count). The van der Waals surface area contributed by atoms with Crippen molar-refractivity contribution >= 4 is 22.4 Å². The summed E-state index contributed by atoms with van der Waals surface area (Å²) < 4.78 is 6.09. The van der Waals surface area contributed by atoms with Crippen molar-refractivity contribution in [3.8, 4) is 0 Å². The molecule has 0 bridgehead atoms. The zero-order chi connectivity index (χ0) is 15.7. The van der Waals surface area contributed by atoms with Crippen LogP contribution in [-0.4, -0.2) is 37.5 Å². The van der Waals surface area contributed by atoms with E-state index in [4.69, 9.17) is 0 Å². The molecule has 1 aliphatic rings. The predicted octanol–water partition coefficient (Wildman–Crippen LogP) is 2.64. The van der Waals surface area contributed by atoms with Gasteiger partial charge in [-0.1, -0.05) is 13.8 Å². The predicted molar refractivity (Wildman–Crippen MR) is 86.5 cm³/mol. The fourth-order valence-corrected chi connectivity index (χ4v) is 3.68. The van der Waals surface area contributed by atoms with Crippen molar-refractivity contribution < 1.29 is 4.79 Å². The Kier molecular flexibility index (Phi) is 4.24. The lowest BCUT2D eigenvalue weighted by molar-refractivity contribution is 0.0974. The third-order valence-electron chi connectivity index (χ3n) is 4.02. The molecule has 6 nitrogen and oxygen atoms in total. The molecule has 1 atom stereocenters. The second-order valence-corrected chi connectivity index (χ2v) is 6.84. The van der Waals surface area contributed by atoms with Crippen LogP contribution in [-0.2, 0) is 7.05 Å². The average molecular weight is 319 g/mol. The number of anilines is 1. The molecule has 0 radical (unpaired) electrons. The molecular weight excluding hydrogens is 298 g/mol. The summed E-state index contributed by atoms with van der Waals surface area (Å²) in [5.74, 6) is 1.38. The SMILES string of the molecule is CC(C)c1nsc(N2CCC[C@@H]2CC(=O)c2cnn(C)c2)n1. The minimum Gasteiger partial charge on any atom is -0.343 e. The fourth-order valence-electron chi connectivity index (χ4n) is 2.77. The summed E-state index contributed by atoms with van der Waals surface area (Å²) in [7, 11) is 1.83. The summed E-state index contributed by atoms with van der Waals surface area (Å²) in [6.45, 7) is 5.15. The lowest BCUT2D eigenvalue weighted by Crippen LogP contribution is -2.31. The second-order valence-electron chi connectivity index (χ2n) is 6.11. The highest BCUT2D eigenvalue weighted by Crippen LogP contribution is 2.30. The van der Waals surface area contributed by atoms with Gasteiger partial charge in [0.2, 0.25) is 5.13 Å². The molecule has 2 aromatic heterocycles. The fraction of sp³-hybridized carbons (Fsp3) is 0.600. The molecule has 118 valence electrons. The Morgan fingerprint density at radius 2 is 2.32 bits per heavy atom. The van der Waals surface area contributed by atoms with Crippen LogP contribution in [0.2, 0.25) is 0 Å². The van der Waals surface area contributed by atoms with Gasteiger partial charge in [0.1, 0.15) is 5.82 Å². The highest BCUT2D eigenvalue weighted by Gasteiger charge is 2.30. The minimum absolute atomic E-state index is 0.151. The first-order valence-corrected chi connectivity index (χ1v) is 8.44. The maximum absolute atomic E-state index is 12.4.